The molecule has 0 bridgehead atoms. The summed E-state index contributed by atoms with van der Waals surface area (Å²) in [5.41, 5.74) is 5.01. The van der Waals surface area contributed by atoms with Crippen molar-refractivity contribution in [2.24, 2.45) is 11.1 Å². The van der Waals surface area contributed by atoms with Crippen molar-refractivity contribution in [1.29, 1.82) is 0 Å². The van der Waals surface area contributed by atoms with Crippen LogP contribution in [-0.2, 0) is 4.79 Å². The highest BCUT2D eigenvalue weighted by atomic mass is 16.4. The van der Waals surface area contributed by atoms with Crippen molar-refractivity contribution in [3.05, 3.63) is 11.8 Å². The lowest BCUT2D eigenvalue weighted by atomic mass is 9.92. The summed E-state index contributed by atoms with van der Waals surface area (Å²) in [5.74, 6) is -1.30. The Bertz CT molecular complexity index is 177. The summed E-state index contributed by atoms with van der Waals surface area (Å²) in [4.78, 5) is 10.1. The van der Waals surface area contributed by atoms with Crippen LogP contribution in [0.5, 0.6) is 0 Å². The molecule has 3 nitrogen and oxygen atoms in total. The van der Waals surface area contributed by atoms with Gasteiger partial charge in [-0.3, -0.25) is 0 Å². The average Bonchev–Trinajstić information content (AvgIpc) is 1.80. The Hall–Kier alpha value is -0.990. The molecule has 0 fully saturated rings. The molecule has 0 amide bonds. The minimum Gasteiger partial charge on any atom is -0.543 e. The van der Waals surface area contributed by atoms with E-state index < -0.39 is 5.97 Å². The Morgan fingerprint density at radius 2 is 2.00 bits per heavy atom. The van der Waals surface area contributed by atoms with Crippen molar-refractivity contribution in [1.82, 2.24) is 0 Å². The molecule has 0 aromatic carbocycles. The van der Waals surface area contributed by atoms with Gasteiger partial charge in [-0.15, -0.1) is 0 Å². The number of aliphatic carboxylic acids is 1. The van der Waals surface area contributed by atoms with Crippen molar-refractivity contribution < 1.29 is 9.90 Å². The van der Waals surface area contributed by atoms with E-state index in [0.717, 1.165) is 0 Å². The summed E-state index contributed by atoms with van der Waals surface area (Å²) >= 11 is 0. The Kier molecular flexibility index (Phi) is 3.11. The zero-order chi connectivity index (χ0) is 9.07. The maximum atomic E-state index is 10.1. The zero-order valence-corrected chi connectivity index (χ0v) is 7.18. The van der Waals surface area contributed by atoms with E-state index in [2.05, 4.69) is 0 Å². The Labute approximate surface area is 66.9 Å². The lowest BCUT2D eigenvalue weighted by Crippen LogP contribution is -2.28. The number of rotatable bonds is 2. The molecule has 0 aromatic heterocycles. The Morgan fingerprint density at radius 1 is 1.55 bits per heavy atom. The molecule has 0 saturated carbocycles. The molecule has 0 aromatic rings. The molecule has 0 saturated heterocycles. The Morgan fingerprint density at radius 3 is 2.27 bits per heavy atom. The van der Waals surface area contributed by atoms with Crippen molar-refractivity contribution >= 4 is 5.97 Å². The molecule has 0 radical (unpaired) electrons. The van der Waals surface area contributed by atoms with Gasteiger partial charge in [0.15, 0.2) is 0 Å². The van der Waals surface area contributed by atoms with Crippen molar-refractivity contribution in [3.8, 4) is 0 Å². The number of allylic oxidation sites excluding steroid dienone is 1. The standard InChI is InChI=1S/C8H15NO2/c1-8(2,3)5-4-6(9)7(10)11/h4H,5,9H2,1-3H3,(H,10,11)/p-1/b6-4-. The molecule has 64 valence electrons. The molecule has 0 rings (SSSR count). The molecule has 11 heavy (non-hydrogen) atoms. The van der Waals surface area contributed by atoms with Gasteiger partial charge in [0.05, 0.1) is 11.7 Å². The topological polar surface area (TPSA) is 66.2 Å². The summed E-state index contributed by atoms with van der Waals surface area (Å²) in [5, 5.41) is 10.1. The minimum atomic E-state index is -1.30. The lowest BCUT2D eigenvalue weighted by molar-refractivity contribution is -0.299. The first kappa shape index (κ1) is 10.0. The summed E-state index contributed by atoms with van der Waals surface area (Å²) in [6.45, 7) is 6.02. The highest BCUT2D eigenvalue weighted by Gasteiger charge is 2.07. The summed E-state index contributed by atoms with van der Waals surface area (Å²) in [6, 6.07) is 0. The molecule has 2 N–H and O–H groups in total. The SMILES string of the molecule is CC(C)(C)C/C=C(\N)C(=O)[O-]. The van der Waals surface area contributed by atoms with Gasteiger partial charge in [-0.25, -0.2) is 0 Å². The van der Waals surface area contributed by atoms with E-state index in [1.54, 1.807) is 0 Å². The zero-order valence-electron chi connectivity index (χ0n) is 7.18. The fourth-order valence-electron chi connectivity index (χ4n) is 0.499. The quantitative estimate of drug-likeness (QED) is 0.573. The van der Waals surface area contributed by atoms with Crippen LogP contribution >= 0.6 is 0 Å². The number of nitrogens with two attached hydrogens (primary N) is 1. The number of carboxylic acid groups (broad SMARTS) is 1. The molecule has 0 spiro atoms. The van der Waals surface area contributed by atoms with Crippen molar-refractivity contribution in [3.63, 3.8) is 0 Å². The van der Waals surface area contributed by atoms with Crippen molar-refractivity contribution in [2.45, 2.75) is 27.2 Å². The van der Waals surface area contributed by atoms with Gasteiger partial charge < -0.3 is 15.6 Å². The van der Waals surface area contributed by atoms with E-state index in [1.807, 2.05) is 20.8 Å². The van der Waals surface area contributed by atoms with Gasteiger partial charge in [-0.2, -0.15) is 0 Å². The summed E-state index contributed by atoms with van der Waals surface area (Å²) in [7, 11) is 0. The van der Waals surface area contributed by atoms with Crippen LogP contribution in [-0.4, -0.2) is 5.97 Å². The highest BCUT2D eigenvalue weighted by Crippen LogP contribution is 2.18. The normalized spacial score (nSPS) is 13.2. The third-order valence-corrected chi connectivity index (χ3v) is 1.17. The number of hydrogen-bond acceptors (Lipinski definition) is 3. The fourth-order valence-corrected chi connectivity index (χ4v) is 0.499. The van der Waals surface area contributed by atoms with Gasteiger partial charge >= 0.3 is 0 Å². The Balaban J connectivity index is 4.04. The van der Waals surface area contributed by atoms with Crippen LogP contribution in [0.3, 0.4) is 0 Å². The van der Waals surface area contributed by atoms with Gasteiger partial charge in [0, 0.05) is 0 Å². The van der Waals surface area contributed by atoms with Crippen LogP contribution in [0.15, 0.2) is 11.8 Å². The molecule has 0 aliphatic carbocycles. The molecule has 0 atom stereocenters. The number of hydrogen-bond donors (Lipinski definition) is 1. The summed E-state index contributed by atoms with van der Waals surface area (Å²) in [6.07, 6.45) is 2.13. The van der Waals surface area contributed by atoms with Crippen LogP contribution in [0.2, 0.25) is 0 Å². The number of carboxylic acids is 1. The lowest BCUT2D eigenvalue weighted by Gasteiger charge is -2.15. The van der Waals surface area contributed by atoms with Gasteiger partial charge in [0.1, 0.15) is 0 Å². The first-order valence-electron chi connectivity index (χ1n) is 3.50. The smallest absolute Gasteiger partial charge is 0.0869 e. The highest BCUT2D eigenvalue weighted by molar-refractivity contribution is 5.83. The number of carbonyl (C=O) groups excluding carboxylic acids is 1. The third-order valence-electron chi connectivity index (χ3n) is 1.17. The van der Waals surface area contributed by atoms with Gasteiger partial charge in [0.25, 0.3) is 0 Å². The second-order valence-electron chi connectivity index (χ2n) is 3.71. The second kappa shape index (κ2) is 3.42. The van der Waals surface area contributed by atoms with E-state index in [4.69, 9.17) is 5.73 Å². The van der Waals surface area contributed by atoms with E-state index >= 15 is 0 Å². The number of carbonyl (C=O) groups is 1. The molecule has 0 aliphatic rings. The second-order valence-corrected chi connectivity index (χ2v) is 3.71. The van der Waals surface area contributed by atoms with Crippen LogP contribution < -0.4 is 10.8 Å². The predicted molar refractivity (Wildman–Crippen MR) is 41.3 cm³/mol. The molecular formula is C8H14NO2-. The van der Waals surface area contributed by atoms with Crippen LogP contribution in [0.1, 0.15) is 27.2 Å². The average molecular weight is 156 g/mol. The van der Waals surface area contributed by atoms with Gasteiger partial charge in [-0.05, 0) is 11.8 Å². The largest absolute Gasteiger partial charge is 0.543 e. The predicted octanol–water partition coefficient (Wildman–Crippen LogP) is 0.0151. The molecule has 0 unspecified atom stereocenters. The first-order chi connectivity index (χ1) is 4.83. The van der Waals surface area contributed by atoms with E-state index in [1.165, 1.54) is 6.08 Å². The molecule has 3 heteroatoms. The summed E-state index contributed by atoms with van der Waals surface area (Å²) < 4.78 is 0. The first-order valence-corrected chi connectivity index (χ1v) is 3.50. The monoisotopic (exact) mass is 156 g/mol. The maximum absolute atomic E-state index is 10.1. The molecule has 0 aliphatic heterocycles. The van der Waals surface area contributed by atoms with E-state index in [9.17, 15) is 9.90 Å². The van der Waals surface area contributed by atoms with Crippen LogP contribution in [0.4, 0.5) is 0 Å². The van der Waals surface area contributed by atoms with Crippen molar-refractivity contribution in [2.75, 3.05) is 0 Å². The third kappa shape index (κ3) is 5.45. The fraction of sp³-hybridized carbons (Fsp3) is 0.625. The molecule has 0 heterocycles. The van der Waals surface area contributed by atoms with Gasteiger partial charge in [-0.1, -0.05) is 26.8 Å². The van der Waals surface area contributed by atoms with Crippen LogP contribution in [0.25, 0.3) is 0 Å². The van der Waals surface area contributed by atoms with E-state index in [-0.39, 0.29) is 11.1 Å². The minimum absolute atomic E-state index is 0.0695. The molecular weight excluding hydrogens is 142 g/mol. The van der Waals surface area contributed by atoms with Gasteiger partial charge in [0.2, 0.25) is 0 Å². The maximum Gasteiger partial charge on any atom is 0.0869 e. The van der Waals surface area contributed by atoms with Crippen LogP contribution in [0, 0.1) is 5.41 Å². The van der Waals surface area contributed by atoms with E-state index in [0.29, 0.717) is 6.42 Å².